The molecule has 1 heterocycles. The Balaban J connectivity index is 2.29. The van der Waals surface area contributed by atoms with Crippen molar-refractivity contribution in [3.05, 3.63) is 53.3 Å². The van der Waals surface area contributed by atoms with Crippen LogP contribution in [-0.2, 0) is 6.42 Å². The summed E-state index contributed by atoms with van der Waals surface area (Å²) in [5.74, 6) is -0.901. The lowest BCUT2D eigenvalue weighted by atomic mass is 9.98. The highest BCUT2D eigenvalue weighted by molar-refractivity contribution is 6.07. The average Bonchev–Trinajstić information content (AvgIpc) is 2.52. The number of carboxylic acid groups (broad SMARTS) is 1. The summed E-state index contributed by atoms with van der Waals surface area (Å²) >= 11 is 0. The molecule has 6 nitrogen and oxygen atoms in total. The molecular weight excluding hydrogens is 282 g/mol. The maximum atomic E-state index is 11.3. The third kappa shape index (κ3) is 3.22. The molecule has 0 saturated heterocycles. The van der Waals surface area contributed by atoms with E-state index in [1.54, 1.807) is 6.20 Å². The second-order valence-electron chi connectivity index (χ2n) is 4.76. The quantitative estimate of drug-likeness (QED) is 0.533. The molecule has 1 aromatic carbocycles. The Kier molecular flexibility index (Phi) is 4.73. The van der Waals surface area contributed by atoms with Gasteiger partial charge in [0.1, 0.15) is 16.9 Å². The molecule has 0 spiro atoms. The summed E-state index contributed by atoms with van der Waals surface area (Å²) in [6.07, 6.45) is 2.85. The maximum absolute atomic E-state index is 11.3. The van der Waals surface area contributed by atoms with Gasteiger partial charge in [-0.2, -0.15) is 0 Å². The molecule has 0 aliphatic heterocycles. The molecule has 0 saturated carbocycles. The fourth-order valence-electron chi connectivity index (χ4n) is 2.24. The minimum atomic E-state index is -1.09. The van der Waals surface area contributed by atoms with Crippen LogP contribution in [0, 0.1) is 0 Å². The van der Waals surface area contributed by atoms with E-state index in [1.165, 1.54) is 19.2 Å². The number of hydrogen-bond acceptors (Lipinski definition) is 4. The third-order valence-electron chi connectivity index (χ3n) is 3.32. The number of carbonyl (C=O) groups is 1. The Hall–Kier alpha value is -2.89. The number of anilines is 1. The fourth-order valence-corrected chi connectivity index (χ4v) is 2.24. The first-order valence-corrected chi connectivity index (χ1v) is 6.76. The van der Waals surface area contributed by atoms with Crippen LogP contribution in [0.2, 0.25) is 0 Å². The van der Waals surface area contributed by atoms with Gasteiger partial charge >= 0.3 is 5.97 Å². The van der Waals surface area contributed by atoms with Crippen LogP contribution in [0.1, 0.15) is 28.0 Å². The summed E-state index contributed by atoms with van der Waals surface area (Å²) in [4.78, 5) is 15.5. The van der Waals surface area contributed by atoms with Crippen molar-refractivity contribution in [3.63, 3.8) is 0 Å². The van der Waals surface area contributed by atoms with Crippen LogP contribution in [0.5, 0.6) is 5.75 Å². The lowest BCUT2D eigenvalue weighted by Crippen LogP contribution is -2.41. The number of carboxylic acids is 1. The number of methoxy groups -OCH3 is 1. The van der Waals surface area contributed by atoms with Crippen LogP contribution in [0.15, 0.2) is 36.5 Å². The zero-order valence-corrected chi connectivity index (χ0v) is 12.2. The SMILES string of the molecule is COc1c(C(=O)O)ccc(N)c1C(=[NH2+])CCc1ccccn1. The van der Waals surface area contributed by atoms with E-state index in [-0.39, 0.29) is 11.3 Å². The minimum Gasteiger partial charge on any atom is -0.495 e. The number of aryl methyl sites for hydroxylation is 1. The van der Waals surface area contributed by atoms with Crippen molar-refractivity contribution in [1.82, 2.24) is 4.98 Å². The predicted octanol–water partition coefficient (Wildman–Crippen LogP) is 0.552. The third-order valence-corrected chi connectivity index (χ3v) is 3.32. The average molecular weight is 300 g/mol. The minimum absolute atomic E-state index is 0.0347. The summed E-state index contributed by atoms with van der Waals surface area (Å²) in [7, 11) is 1.40. The number of hydrogen-bond donors (Lipinski definition) is 3. The number of rotatable bonds is 6. The molecule has 0 radical (unpaired) electrons. The molecule has 0 atom stereocenters. The monoisotopic (exact) mass is 300 g/mol. The number of nitrogens with two attached hydrogens (primary N) is 2. The normalized spacial score (nSPS) is 10.2. The van der Waals surface area contributed by atoms with Gasteiger partial charge in [0.05, 0.1) is 7.11 Å². The molecule has 5 N–H and O–H groups in total. The summed E-state index contributed by atoms with van der Waals surface area (Å²) in [6, 6.07) is 8.58. The van der Waals surface area contributed by atoms with Gasteiger partial charge < -0.3 is 15.6 Å². The number of benzene rings is 1. The van der Waals surface area contributed by atoms with E-state index >= 15 is 0 Å². The van der Waals surface area contributed by atoms with Gasteiger partial charge in [0.25, 0.3) is 0 Å². The molecule has 0 amide bonds. The lowest BCUT2D eigenvalue weighted by Gasteiger charge is -2.12. The fraction of sp³-hybridized carbons (Fsp3) is 0.188. The molecule has 2 aromatic rings. The van der Waals surface area contributed by atoms with Crippen molar-refractivity contribution in [2.75, 3.05) is 12.8 Å². The summed E-state index contributed by atoms with van der Waals surface area (Å²) in [5, 5.41) is 15.3. The van der Waals surface area contributed by atoms with Crippen molar-refractivity contribution in [3.8, 4) is 5.75 Å². The van der Waals surface area contributed by atoms with Gasteiger partial charge in [-0.1, -0.05) is 6.07 Å². The summed E-state index contributed by atoms with van der Waals surface area (Å²) in [5.41, 5.74) is 8.19. The van der Waals surface area contributed by atoms with Gasteiger partial charge in [0.15, 0.2) is 5.71 Å². The molecule has 0 aliphatic rings. The molecule has 0 bridgehead atoms. The van der Waals surface area contributed by atoms with Crippen molar-refractivity contribution < 1.29 is 20.0 Å². The van der Waals surface area contributed by atoms with Crippen LogP contribution in [0.3, 0.4) is 0 Å². The van der Waals surface area contributed by atoms with E-state index in [9.17, 15) is 9.90 Å². The first-order valence-electron chi connectivity index (χ1n) is 6.76. The Morgan fingerprint density at radius 1 is 1.36 bits per heavy atom. The van der Waals surface area contributed by atoms with Crippen LogP contribution in [0.4, 0.5) is 5.69 Å². The second-order valence-corrected chi connectivity index (χ2v) is 4.76. The van der Waals surface area contributed by atoms with Gasteiger partial charge in [-0.3, -0.25) is 10.4 Å². The van der Waals surface area contributed by atoms with Crippen molar-refractivity contribution >= 4 is 17.4 Å². The van der Waals surface area contributed by atoms with Gasteiger partial charge in [0.2, 0.25) is 0 Å². The number of pyridine rings is 1. The van der Waals surface area contributed by atoms with Gasteiger partial charge in [-0.05, 0) is 30.7 Å². The van der Waals surface area contributed by atoms with Crippen molar-refractivity contribution in [1.29, 1.82) is 0 Å². The zero-order valence-electron chi connectivity index (χ0n) is 12.2. The highest BCUT2D eigenvalue weighted by atomic mass is 16.5. The lowest BCUT2D eigenvalue weighted by molar-refractivity contribution is -0.115. The Morgan fingerprint density at radius 2 is 2.14 bits per heavy atom. The van der Waals surface area contributed by atoms with Crippen LogP contribution < -0.4 is 15.9 Å². The van der Waals surface area contributed by atoms with E-state index in [4.69, 9.17) is 15.9 Å². The molecule has 0 aliphatic carbocycles. The number of aromatic carboxylic acids is 1. The largest absolute Gasteiger partial charge is 0.495 e. The maximum Gasteiger partial charge on any atom is 0.339 e. The molecule has 1 aromatic heterocycles. The van der Waals surface area contributed by atoms with E-state index in [0.717, 1.165) is 5.69 Å². The molecule has 2 rings (SSSR count). The number of aromatic nitrogens is 1. The van der Waals surface area contributed by atoms with Crippen molar-refractivity contribution in [2.45, 2.75) is 12.8 Å². The molecule has 0 fully saturated rings. The molecule has 22 heavy (non-hydrogen) atoms. The van der Waals surface area contributed by atoms with Crippen LogP contribution in [-0.4, -0.2) is 28.9 Å². The number of nitrogen functional groups attached to an aromatic ring is 1. The van der Waals surface area contributed by atoms with E-state index in [0.29, 0.717) is 29.8 Å². The van der Waals surface area contributed by atoms with Gasteiger partial charge in [-0.15, -0.1) is 0 Å². The smallest absolute Gasteiger partial charge is 0.339 e. The first-order chi connectivity index (χ1) is 10.5. The molecule has 114 valence electrons. The van der Waals surface area contributed by atoms with E-state index in [1.807, 2.05) is 18.2 Å². The summed E-state index contributed by atoms with van der Waals surface area (Å²) < 4.78 is 5.21. The zero-order chi connectivity index (χ0) is 16.1. The van der Waals surface area contributed by atoms with E-state index in [2.05, 4.69) is 4.98 Å². The molecular formula is C16H18N3O3+. The van der Waals surface area contributed by atoms with Crippen LogP contribution in [0.25, 0.3) is 0 Å². The highest BCUT2D eigenvalue weighted by Crippen LogP contribution is 2.29. The number of nitrogens with zero attached hydrogens (tertiary/aromatic N) is 1. The Bertz CT molecular complexity index is 699. The standard InChI is InChI=1S/C16H17N3O3/c1-22-15-11(16(20)21)6-8-13(18)14(15)12(17)7-5-10-4-2-3-9-19-10/h2-4,6,8-9,17H,5,7,18H2,1H3,(H,20,21)/p+1. The number of ether oxygens (including phenoxy) is 1. The predicted molar refractivity (Wildman–Crippen MR) is 83.0 cm³/mol. The molecule has 0 unspecified atom stereocenters. The van der Waals surface area contributed by atoms with Crippen molar-refractivity contribution in [2.24, 2.45) is 0 Å². The molecule has 6 heteroatoms. The van der Waals surface area contributed by atoms with E-state index < -0.39 is 5.97 Å². The topological polar surface area (TPSA) is 111 Å². The van der Waals surface area contributed by atoms with Gasteiger partial charge in [-0.25, -0.2) is 4.79 Å². The Morgan fingerprint density at radius 3 is 2.73 bits per heavy atom. The summed E-state index contributed by atoms with van der Waals surface area (Å²) in [6.45, 7) is 0. The van der Waals surface area contributed by atoms with Crippen LogP contribution >= 0.6 is 0 Å². The second kappa shape index (κ2) is 6.71. The van der Waals surface area contributed by atoms with Gasteiger partial charge in [0, 0.05) is 24.0 Å². The first kappa shape index (κ1) is 15.5. The highest BCUT2D eigenvalue weighted by Gasteiger charge is 2.23. The Labute approximate surface area is 128 Å².